The monoisotopic (exact) mass is 260 g/mol. The fraction of sp³-hybridized carbons (Fsp3) is 0.909. The summed E-state index contributed by atoms with van der Waals surface area (Å²) in [6, 6.07) is 0.295. The fourth-order valence-electron chi connectivity index (χ4n) is 2.77. The Labute approximate surface area is 102 Å². The molecule has 3 unspecified atom stereocenters. The highest BCUT2D eigenvalue weighted by molar-refractivity contribution is 7.91. The van der Waals surface area contributed by atoms with Crippen LogP contribution in [0.2, 0.25) is 0 Å². The van der Waals surface area contributed by atoms with Gasteiger partial charge >= 0.3 is 0 Å². The number of sulfone groups is 1. The molecule has 0 aromatic rings. The van der Waals surface area contributed by atoms with Crippen LogP contribution in [-0.2, 0) is 14.6 Å². The predicted octanol–water partition coefficient (Wildman–Crippen LogP) is -0.370. The van der Waals surface area contributed by atoms with Crippen molar-refractivity contribution in [3.8, 4) is 0 Å². The molecule has 6 heteroatoms. The Morgan fingerprint density at radius 3 is 2.29 bits per heavy atom. The topological polar surface area (TPSA) is 66.5 Å². The van der Waals surface area contributed by atoms with Gasteiger partial charge in [-0.3, -0.25) is 4.79 Å². The van der Waals surface area contributed by atoms with Gasteiger partial charge in [-0.25, -0.2) is 8.42 Å². The van der Waals surface area contributed by atoms with E-state index in [1.807, 2.05) is 18.7 Å². The van der Waals surface area contributed by atoms with Crippen molar-refractivity contribution in [2.45, 2.75) is 32.4 Å². The molecule has 2 rings (SSSR count). The van der Waals surface area contributed by atoms with Gasteiger partial charge in [0.1, 0.15) is 0 Å². The number of rotatable bonds is 1. The molecule has 0 bridgehead atoms. The van der Waals surface area contributed by atoms with E-state index in [9.17, 15) is 13.2 Å². The lowest BCUT2D eigenvalue weighted by Crippen LogP contribution is -2.58. The molecule has 1 amide bonds. The zero-order chi connectivity index (χ0) is 12.6. The van der Waals surface area contributed by atoms with Gasteiger partial charge in [-0.05, 0) is 20.3 Å². The number of nitrogens with zero attached hydrogens (tertiary/aromatic N) is 1. The summed E-state index contributed by atoms with van der Waals surface area (Å²) >= 11 is 0. The van der Waals surface area contributed by atoms with Gasteiger partial charge in [-0.2, -0.15) is 0 Å². The average Bonchev–Trinajstić information content (AvgIpc) is 2.58. The number of hydrogen-bond acceptors (Lipinski definition) is 4. The Morgan fingerprint density at radius 1 is 1.24 bits per heavy atom. The van der Waals surface area contributed by atoms with Gasteiger partial charge in [0.25, 0.3) is 0 Å². The highest BCUT2D eigenvalue weighted by Crippen LogP contribution is 2.23. The molecule has 0 radical (unpaired) electrons. The van der Waals surface area contributed by atoms with Crippen LogP contribution in [0.5, 0.6) is 0 Å². The predicted molar refractivity (Wildman–Crippen MR) is 65.4 cm³/mol. The summed E-state index contributed by atoms with van der Waals surface area (Å²) in [6.45, 7) is 5.58. The molecule has 17 heavy (non-hydrogen) atoms. The van der Waals surface area contributed by atoms with E-state index in [1.165, 1.54) is 0 Å². The first kappa shape index (κ1) is 12.8. The molecular weight excluding hydrogens is 240 g/mol. The van der Waals surface area contributed by atoms with E-state index >= 15 is 0 Å². The molecule has 0 spiro atoms. The maximum absolute atomic E-state index is 12.3. The molecule has 2 aliphatic heterocycles. The molecule has 98 valence electrons. The number of nitrogens with one attached hydrogen (secondary N) is 1. The molecule has 0 aromatic carbocycles. The summed E-state index contributed by atoms with van der Waals surface area (Å²) in [5.41, 5.74) is 0. The minimum Gasteiger partial charge on any atom is -0.334 e. The number of piperazine rings is 1. The summed E-state index contributed by atoms with van der Waals surface area (Å²) in [7, 11) is -2.98. The Morgan fingerprint density at radius 2 is 1.82 bits per heavy atom. The van der Waals surface area contributed by atoms with Crippen molar-refractivity contribution in [1.29, 1.82) is 0 Å². The van der Waals surface area contributed by atoms with Gasteiger partial charge in [0.15, 0.2) is 9.84 Å². The molecule has 2 fully saturated rings. The lowest BCUT2D eigenvalue weighted by atomic mass is 10.0. The summed E-state index contributed by atoms with van der Waals surface area (Å²) in [4.78, 5) is 14.2. The smallest absolute Gasteiger partial charge is 0.227 e. The largest absolute Gasteiger partial charge is 0.334 e. The standard InChI is InChI=1S/C11H20N2O3S/c1-8-5-12-6-9(2)13(8)11(14)10-3-4-17(15,16)7-10/h8-10,12H,3-7H2,1-2H3. The Balaban J connectivity index is 2.09. The quantitative estimate of drug-likeness (QED) is 0.698. The SMILES string of the molecule is CC1CNCC(C)N1C(=O)C1CCS(=O)(=O)C1. The van der Waals surface area contributed by atoms with Crippen molar-refractivity contribution in [3.05, 3.63) is 0 Å². The van der Waals surface area contributed by atoms with Crippen LogP contribution in [0, 0.1) is 5.92 Å². The van der Waals surface area contributed by atoms with Crippen LogP contribution in [0.1, 0.15) is 20.3 Å². The van der Waals surface area contributed by atoms with Crippen molar-refractivity contribution < 1.29 is 13.2 Å². The van der Waals surface area contributed by atoms with E-state index < -0.39 is 9.84 Å². The van der Waals surface area contributed by atoms with Crippen LogP contribution in [0.3, 0.4) is 0 Å². The molecule has 2 aliphatic rings. The Hall–Kier alpha value is -0.620. The molecule has 1 N–H and O–H groups in total. The highest BCUT2D eigenvalue weighted by Gasteiger charge is 2.39. The van der Waals surface area contributed by atoms with Crippen LogP contribution >= 0.6 is 0 Å². The summed E-state index contributed by atoms with van der Waals surface area (Å²) in [6.07, 6.45) is 0.491. The van der Waals surface area contributed by atoms with Crippen LogP contribution in [0.15, 0.2) is 0 Å². The van der Waals surface area contributed by atoms with Gasteiger partial charge in [0, 0.05) is 25.2 Å². The maximum Gasteiger partial charge on any atom is 0.227 e. The van der Waals surface area contributed by atoms with Crippen molar-refractivity contribution in [2.75, 3.05) is 24.6 Å². The summed E-state index contributed by atoms with van der Waals surface area (Å²) < 4.78 is 22.8. The minimum absolute atomic E-state index is 0.0209. The Bertz CT molecular complexity index is 397. The van der Waals surface area contributed by atoms with E-state index in [-0.39, 0.29) is 35.4 Å². The third kappa shape index (κ3) is 2.63. The highest BCUT2D eigenvalue weighted by atomic mass is 32.2. The molecule has 3 atom stereocenters. The second-order valence-corrected chi connectivity index (χ2v) is 7.43. The second-order valence-electron chi connectivity index (χ2n) is 5.20. The van der Waals surface area contributed by atoms with Crippen LogP contribution in [0.4, 0.5) is 0 Å². The van der Waals surface area contributed by atoms with Crippen LogP contribution in [0.25, 0.3) is 0 Å². The lowest BCUT2D eigenvalue weighted by Gasteiger charge is -2.40. The first-order valence-electron chi connectivity index (χ1n) is 6.14. The summed E-state index contributed by atoms with van der Waals surface area (Å²) in [5, 5.41) is 3.26. The van der Waals surface area contributed by atoms with Gasteiger partial charge in [0.05, 0.1) is 17.4 Å². The van der Waals surface area contributed by atoms with E-state index in [1.54, 1.807) is 0 Å². The number of carbonyl (C=O) groups excluding carboxylic acids is 1. The number of amides is 1. The van der Waals surface area contributed by atoms with Gasteiger partial charge < -0.3 is 10.2 Å². The zero-order valence-electron chi connectivity index (χ0n) is 10.3. The lowest BCUT2D eigenvalue weighted by molar-refractivity contribution is -0.140. The van der Waals surface area contributed by atoms with E-state index in [2.05, 4.69) is 5.32 Å². The second kappa shape index (κ2) is 4.57. The van der Waals surface area contributed by atoms with Gasteiger partial charge in [0.2, 0.25) is 5.91 Å². The number of hydrogen-bond donors (Lipinski definition) is 1. The van der Waals surface area contributed by atoms with Crippen molar-refractivity contribution in [3.63, 3.8) is 0 Å². The van der Waals surface area contributed by atoms with Crippen LogP contribution < -0.4 is 5.32 Å². The zero-order valence-corrected chi connectivity index (χ0v) is 11.2. The van der Waals surface area contributed by atoms with Crippen molar-refractivity contribution in [1.82, 2.24) is 10.2 Å². The van der Waals surface area contributed by atoms with Crippen molar-refractivity contribution >= 4 is 15.7 Å². The maximum atomic E-state index is 12.3. The van der Waals surface area contributed by atoms with Crippen LogP contribution in [-0.4, -0.2) is 55.9 Å². The molecule has 0 saturated carbocycles. The number of carbonyl (C=O) groups is 1. The van der Waals surface area contributed by atoms with Crippen molar-refractivity contribution in [2.24, 2.45) is 5.92 Å². The van der Waals surface area contributed by atoms with Gasteiger partial charge in [-0.15, -0.1) is 0 Å². The average molecular weight is 260 g/mol. The third-order valence-corrected chi connectivity index (χ3v) is 5.43. The van der Waals surface area contributed by atoms with Gasteiger partial charge in [-0.1, -0.05) is 0 Å². The molecule has 5 nitrogen and oxygen atoms in total. The molecule has 0 aliphatic carbocycles. The Kier molecular flexibility index (Phi) is 3.45. The third-order valence-electron chi connectivity index (χ3n) is 3.67. The summed E-state index contributed by atoms with van der Waals surface area (Å²) in [5.74, 6) is -0.0939. The molecule has 0 aromatic heterocycles. The minimum atomic E-state index is -2.98. The first-order chi connectivity index (χ1) is 7.91. The van der Waals surface area contributed by atoms with E-state index in [0.717, 1.165) is 13.1 Å². The first-order valence-corrected chi connectivity index (χ1v) is 7.96. The molecule has 2 heterocycles. The van der Waals surface area contributed by atoms with E-state index in [4.69, 9.17) is 0 Å². The normalized spacial score (nSPS) is 37.1. The van der Waals surface area contributed by atoms with E-state index in [0.29, 0.717) is 6.42 Å². The molecular formula is C11H20N2O3S. The molecule has 2 saturated heterocycles. The fourth-order valence-corrected chi connectivity index (χ4v) is 4.50.